The first-order chi connectivity index (χ1) is 9.61. The van der Waals surface area contributed by atoms with Gasteiger partial charge in [0, 0.05) is 7.05 Å². The van der Waals surface area contributed by atoms with Crippen LogP contribution in [0.25, 0.3) is 11.2 Å². The van der Waals surface area contributed by atoms with Crippen LogP contribution < -0.4 is 11.0 Å². The predicted molar refractivity (Wildman–Crippen MR) is 65.1 cm³/mol. The van der Waals surface area contributed by atoms with Gasteiger partial charge in [0.15, 0.2) is 23.2 Å². The van der Waals surface area contributed by atoms with Crippen molar-refractivity contribution in [2.45, 2.75) is 31.1 Å². The molecule has 10 nitrogen and oxygen atoms in total. The second-order valence-electron chi connectivity index (χ2n) is 4.85. The van der Waals surface area contributed by atoms with Crippen molar-refractivity contribution in [2.75, 3.05) is 12.4 Å². The maximum atomic E-state index is 12.2. The Labute approximate surface area is 111 Å². The first-order valence-corrected chi connectivity index (χ1v) is 6.17. The van der Waals surface area contributed by atoms with Gasteiger partial charge in [-0.1, -0.05) is 5.21 Å². The van der Waals surface area contributed by atoms with Crippen molar-refractivity contribution < 1.29 is 14.9 Å². The molecule has 2 aliphatic rings. The summed E-state index contributed by atoms with van der Waals surface area (Å²) in [6.45, 7) is 0.206. The van der Waals surface area contributed by atoms with Crippen LogP contribution in [0.15, 0.2) is 4.79 Å². The Morgan fingerprint density at radius 3 is 2.95 bits per heavy atom. The van der Waals surface area contributed by atoms with Gasteiger partial charge in [0.25, 0.3) is 0 Å². The molecule has 1 saturated heterocycles. The summed E-state index contributed by atoms with van der Waals surface area (Å²) in [6.07, 6.45) is -3.89. The average Bonchev–Trinajstić information content (AvgIpc) is 2.89. The number of hydrogen-bond donors (Lipinski definition) is 3. The minimum Gasteiger partial charge on any atom is -0.387 e. The molecule has 4 rings (SSSR count). The van der Waals surface area contributed by atoms with E-state index in [0.29, 0.717) is 17.0 Å². The van der Waals surface area contributed by atoms with Crippen molar-refractivity contribution in [1.82, 2.24) is 24.5 Å². The fraction of sp³-hybridized carbons (Fsp3) is 0.600. The molecular formula is C10H12N6O4. The van der Waals surface area contributed by atoms with E-state index >= 15 is 0 Å². The Morgan fingerprint density at radius 2 is 2.20 bits per heavy atom. The largest absolute Gasteiger partial charge is 0.387 e. The van der Waals surface area contributed by atoms with Crippen LogP contribution in [0.2, 0.25) is 0 Å². The highest BCUT2D eigenvalue weighted by Gasteiger charge is 2.47. The predicted octanol–water partition coefficient (Wildman–Crippen LogP) is -2.34. The average molecular weight is 280 g/mol. The fourth-order valence-corrected chi connectivity index (χ4v) is 2.78. The van der Waals surface area contributed by atoms with Gasteiger partial charge in [-0.05, 0) is 0 Å². The molecule has 0 radical (unpaired) electrons. The van der Waals surface area contributed by atoms with Crippen molar-refractivity contribution in [2.24, 2.45) is 0 Å². The number of aliphatic hydroxyl groups is 2. The number of rotatable bonds is 1. The summed E-state index contributed by atoms with van der Waals surface area (Å²) >= 11 is 0. The maximum Gasteiger partial charge on any atom is 0.353 e. The zero-order valence-electron chi connectivity index (χ0n) is 10.5. The quantitative estimate of drug-likeness (QED) is 0.530. The normalized spacial score (nSPS) is 31.6. The van der Waals surface area contributed by atoms with Gasteiger partial charge in [0.2, 0.25) is 0 Å². The molecule has 4 heterocycles. The Balaban J connectivity index is 2.08. The molecule has 2 unspecified atom stereocenters. The Bertz CT molecular complexity index is 754. The van der Waals surface area contributed by atoms with E-state index in [1.54, 1.807) is 7.05 Å². The summed E-state index contributed by atoms with van der Waals surface area (Å²) in [5.74, 6) is 0.320. The molecule has 3 N–H and O–H groups in total. The van der Waals surface area contributed by atoms with Crippen molar-refractivity contribution in [3.63, 3.8) is 0 Å². The van der Waals surface area contributed by atoms with Crippen LogP contribution in [-0.2, 0) is 11.3 Å². The number of aromatic nitrogens is 5. The van der Waals surface area contributed by atoms with Gasteiger partial charge in [-0.2, -0.15) is 4.98 Å². The molecule has 2 aromatic heterocycles. The lowest BCUT2D eigenvalue weighted by molar-refractivity contribution is -0.0357. The van der Waals surface area contributed by atoms with E-state index in [9.17, 15) is 15.0 Å². The van der Waals surface area contributed by atoms with Gasteiger partial charge in [-0.15, -0.1) is 5.10 Å². The van der Waals surface area contributed by atoms with Crippen LogP contribution in [-0.4, -0.2) is 60.1 Å². The third-order valence-electron chi connectivity index (χ3n) is 3.76. The van der Waals surface area contributed by atoms with E-state index in [2.05, 4.69) is 20.6 Å². The van der Waals surface area contributed by atoms with Crippen LogP contribution >= 0.6 is 0 Å². The van der Waals surface area contributed by atoms with E-state index < -0.39 is 30.2 Å². The summed E-state index contributed by atoms with van der Waals surface area (Å²) in [5, 5.41) is 30.7. The van der Waals surface area contributed by atoms with Gasteiger partial charge in [0.05, 0.1) is 6.54 Å². The molecule has 10 heteroatoms. The molecular weight excluding hydrogens is 268 g/mol. The van der Waals surface area contributed by atoms with E-state index in [0.717, 1.165) is 0 Å². The lowest BCUT2D eigenvalue weighted by Gasteiger charge is -2.19. The molecule has 0 spiro atoms. The number of fused-ring (bicyclic) bond motifs is 3. The molecule has 0 aliphatic carbocycles. The molecule has 2 aromatic rings. The smallest absolute Gasteiger partial charge is 0.353 e. The molecule has 0 amide bonds. The maximum absolute atomic E-state index is 12.2. The fourth-order valence-electron chi connectivity index (χ4n) is 2.78. The minimum absolute atomic E-state index is 0.206. The molecule has 1 fully saturated rings. The zero-order chi connectivity index (χ0) is 14.0. The molecule has 2 aliphatic heterocycles. The topological polar surface area (TPSA) is 127 Å². The summed E-state index contributed by atoms with van der Waals surface area (Å²) < 4.78 is 8.22. The van der Waals surface area contributed by atoms with Gasteiger partial charge in [-0.3, -0.25) is 0 Å². The second-order valence-corrected chi connectivity index (χ2v) is 4.85. The zero-order valence-corrected chi connectivity index (χ0v) is 10.5. The molecule has 2 bridgehead atoms. The lowest BCUT2D eigenvalue weighted by atomic mass is 10.1. The summed E-state index contributed by atoms with van der Waals surface area (Å²) in [5.41, 5.74) is 0.252. The molecule has 20 heavy (non-hydrogen) atoms. The van der Waals surface area contributed by atoms with Crippen LogP contribution in [0.5, 0.6) is 0 Å². The van der Waals surface area contributed by atoms with E-state index in [1.807, 2.05) is 0 Å². The summed E-state index contributed by atoms with van der Waals surface area (Å²) in [7, 11) is 1.63. The van der Waals surface area contributed by atoms with Crippen LogP contribution in [0, 0.1) is 0 Å². The van der Waals surface area contributed by atoms with Crippen molar-refractivity contribution in [3.05, 3.63) is 10.5 Å². The number of nitrogens with zero attached hydrogens (tertiary/aromatic N) is 5. The second kappa shape index (κ2) is 3.75. The number of nitrogens with one attached hydrogen (secondary N) is 1. The minimum atomic E-state index is -1.19. The van der Waals surface area contributed by atoms with Crippen LogP contribution in [0.1, 0.15) is 6.23 Å². The number of aliphatic hydroxyl groups excluding tert-OH is 2. The van der Waals surface area contributed by atoms with Gasteiger partial charge < -0.3 is 20.3 Å². The molecule has 4 atom stereocenters. The highest BCUT2D eigenvalue weighted by molar-refractivity contribution is 5.82. The molecule has 106 valence electrons. The van der Waals surface area contributed by atoms with Crippen molar-refractivity contribution >= 4 is 17.0 Å². The highest BCUT2D eigenvalue weighted by Crippen LogP contribution is 2.34. The lowest BCUT2D eigenvalue weighted by Crippen LogP contribution is -2.39. The Hall–Kier alpha value is -2.04. The molecule has 0 saturated carbocycles. The standard InChI is InChI=1S/C10H12N6O4/c1-11-7-4-8-15(14-13-4)2-3-5(17)6(18)9(20-3)16(8)10(19)12-7/h3,5-6,9,17-18H,2H2,1H3,(H,11,12,19)/t3-,5?,6?,9-/m0/s1. The van der Waals surface area contributed by atoms with Crippen LogP contribution in [0.4, 0.5) is 5.82 Å². The number of ether oxygens (including phenoxy) is 1. The summed E-state index contributed by atoms with van der Waals surface area (Å²) in [6, 6.07) is 0. The SMILES string of the molecule is CNc1nc(=O)n2c3c1nnn3C[C@@H]1O[C@H]2C(O)C1O. The molecule has 0 aromatic carbocycles. The van der Waals surface area contributed by atoms with Gasteiger partial charge in [0.1, 0.15) is 18.3 Å². The first kappa shape index (κ1) is 11.8. The Kier molecular flexibility index (Phi) is 2.20. The third kappa shape index (κ3) is 1.27. The van der Waals surface area contributed by atoms with E-state index in [4.69, 9.17) is 4.74 Å². The van der Waals surface area contributed by atoms with Gasteiger partial charge in [-0.25, -0.2) is 14.0 Å². The number of hydrogen-bond acceptors (Lipinski definition) is 8. The summed E-state index contributed by atoms with van der Waals surface area (Å²) in [4.78, 5) is 16.1. The van der Waals surface area contributed by atoms with Crippen LogP contribution in [0.3, 0.4) is 0 Å². The monoisotopic (exact) mass is 280 g/mol. The third-order valence-corrected chi connectivity index (χ3v) is 3.76. The Morgan fingerprint density at radius 1 is 1.40 bits per heavy atom. The number of anilines is 1. The van der Waals surface area contributed by atoms with E-state index in [-0.39, 0.29) is 6.54 Å². The first-order valence-electron chi connectivity index (χ1n) is 6.17. The van der Waals surface area contributed by atoms with Gasteiger partial charge >= 0.3 is 5.69 Å². The van der Waals surface area contributed by atoms with Crippen molar-refractivity contribution in [3.8, 4) is 0 Å². The highest BCUT2D eigenvalue weighted by atomic mass is 16.6. The van der Waals surface area contributed by atoms with Crippen molar-refractivity contribution in [1.29, 1.82) is 0 Å². The van der Waals surface area contributed by atoms with E-state index in [1.165, 1.54) is 9.25 Å².